The van der Waals surface area contributed by atoms with Gasteiger partial charge in [-0.3, -0.25) is 9.59 Å². The highest BCUT2D eigenvalue weighted by Gasteiger charge is 2.20. The van der Waals surface area contributed by atoms with Crippen LogP contribution in [0.5, 0.6) is 0 Å². The first-order valence-corrected chi connectivity index (χ1v) is 9.95. The Hall–Kier alpha value is -4.00. The third kappa shape index (κ3) is 4.30. The summed E-state index contributed by atoms with van der Waals surface area (Å²) in [6.07, 6.45) is 3.85. The van der Waals surface area contributed by atoms with Gasteiger partial charge in [-0.2, -0.15) is 0 Å². The van der Waals surface area contributed by atoms with Crippen molar-refractivity contribution in [3.8, 4) is 0 Å². The summed E-state index contributed by atoms with van der Waals surface area (Å²) in [6, 6.07) is 14.4. The fraction of sp³-hybridized carbons (Fsp3) is 0.167. The quantitative estimate of drug-likeness (QED) is 0.358. The minimum absolute atomic E-state index is 0.0465. The Morgan fingerprint density at radius 3 is 2.71 bits per heavy atom. The molecule has 7 heteroatoms. The highest BCUT2D eigenvalue weighted by molar-refractivity contribution is 5.91. The van der Waals surface area contributed by atoms with Gasteiger partial charge in [-0.15, -0.1) is 6.58 Å². The molecular weight excluding hydrogens is 392 g/mol. The number of Topliss-reactive ketones (excluding diaryl/α,β-unsaturated/α-hetero) is 1. The van der Waals surface area contributed by atoms with Crippen LogP contribution in [0.2, 0.25) is 0 Å². The number of carbonyl (C=O) groups excluding carboxylic acids is 2. The standard InChI is InChI=1S/C24H22N4O3/c1-3-12-25-22(30)21(13-16-14-26-19-10-6-4-8-17(16)19)28-24-18-9-5-7-11-20(18)27-23(31-24)15(2)29/h3-11,14,21,26H,1,12-13H2,2H3,(H,25,30)/t21-/m0/s1. The summed E-state index contributed by atoms with van der Waals surface area (Å²) in [6.45, 7) is 5.35. The third-order valence-electron chi connectivity index (χ3n) is 4.94. The fourth-order valence-electron chi connectivity index (χ4n) is 3.42. The van der Waals surface area contributed by atoms with Gasteiger partial charge in [-0.25, -0.2) is 9.98 Å². The van der Waals surface area contributed by atoms with E-state index in [1.807, 2.05) is 42.6 Å². The minimum atomic E-state index is -0.770. The van der Waals surface area contributed by atoms with Crippen molar-refractivity contribution in [1.29, 1.82) is 0 Å². The van der Waals surface area contributed by atoms with E-state index < -0.39 is 6.04 Å². The summed E-state index contributed by atoms with van der Waals surface area (Å²) < 4.78 is 5.71. The number of amides is 1. The van der Waals surface area contributed by atoms with Crippen LogP contribution in [0, 0.1) is 0 Å². The molecule has 0 saturated heterocycles. The summed E-state index contributed by atoms with van der Waals surface area (Å²) in [5, 5.41) is 4.47. The van der Waals surface area contributed by atoms with Crippen LogP contribution in [-0.4, -0.2) is 34.2 Å². The molecule has 0 bridgehead atoms. The van der Waals surface area contributed by atoms with Crippen LogP contribution >= 0.6 is 0 Å². The van der Waals surface area contributed by atoms with Crippen LogP contribution in [0.25, 0.3) is 21.8 Å². The molecule has 2 N–H and O–H groups in total. The average molecular weight is 414 g/mol. The number of hydrogen-bond acceptors (Lipinski definition) is 5. The number of carbonyl (C=O) groups is 2. The maximum Gasteiger partial charge on any atom is 0.265 e. The first-order chi connectivity index (χ1) is 15.1. The van der Waals surface area contributed by atoms with Crippen molar-refractivity contribution < 1.29 is 14.0 Å². The predicted octanol–water partition coefficient (Wildman–Crippen LogP) is 3.33. The fourth-order valence-corrected chi connectivity index (χ4v) is 3.42. The monoisotopic (exact) mass is 414 g/mol. The molecule has 0 fully saturated rings. The molecule has 0 unspecified atom stereocenters. The highest BCUT2D eigenvalue weighted by atomic mass is 16.4. The minimum Gasteiger partial charge on any atom is -0.417 e. The number of aromatic amines is 1. The maximum atomic E-state index is 12.9. The molecule has 0 spiro atoms. The van der Waals surface area contributed by atoms with Gasteiger partial charge >= 0.3 is 0 Å². The van der Waals surface area contributed by atoms with E-state index in [1.165, 1.54) is 6.92 Å². The van der Waals surface area contributed by atoms with Crippen LogP contribution in [0.15, 0.2) is 76.8 Å². The van der Waals surface area contributed by atoms with Crippen LogP contribution < -0.4 is 10.9 Å². The number of benzene rings is 2. The van der Waals surface area contributed by atoms with Gasteiger partial charge in [-0.1, -0.05) is 36.4 Å². The lowest BCUT2D eigenvalue weighted by Crippen LogP contribution is -2.36. The number of nitrogens with one attached hydrogen (secondary N) is 2. The van der Waals surface area contributed by atoms with Gasteiger partial charge in [0.25, 0.3) is 5.89 Å². The molecule has 0 aliphatic rings. The van der Waals surface area contributed by atoms with E-state index in [1.54, 1.807) is 18.2 Å². The lowest BCUT2D eigenvalue weighted by atomic mass is 10.0. The van der Waals surface area contributed by atoms with Gasteiger partial charge in [0, 0.05) is 37.0 Å². The average Bonchev–Trinajstić information content (AvgIpc) is 3.19. The van der Waals surface area contributed by atoms with E-state index in [0.717, 1.165) is 16.5 Å². The Morgan fingerprint density at radius 2 is 1.94 bits per heavy atom. The molecule has 7 nitrogen and oxygen atoms in total. The second kappa shape index (κ2) is 8.79. The van der Waals surface area contributed by atoms with Gasteiger partial charge in [0.05, 0.1) is 10.9 Å². The van der Waals surface area contributed by atoms with Crippen molar-refractivity contribution in [2.24, 2.45) is 4.99 Å². The van der Waals surface area contributed by atoms with E-state index in [0.29, 0.717) is 23.9 Å². The topological polar surface area (TPSA) is 100 Å². The summed E-state index contributed by atoms with van der Waals surface area (Å²) in [5.74, 6) is -0.619. The predicted molar refractivity (Wildman–Crippen MR) is 119 cm³/mol. The summed E-state index contributed by atoms with van der Waals surface area (Å²) >= 11 is 0. The number of nitrogens with zero attached hydrogens (tertiary/aromatic N) is 2. The van der Waals surface area contributed by atoms with Crippen LogP contribution in [0.3, 0.4) is 0 Å². The van der Waals surface area contributed by atoms with E-state index in [-0.39, 0.29) is 23.1 Å². The molecule has 0 saturated carbocycles. The van der Waals surface area contributed by atoms with E-state index in [2.05, 4.69) is 26.9 Å². The van der Waals surface area contributed by atoms with Gasteiger partial charge in [0.2, 0.25) is 17.2 Å². The molecule has 2 heterocycles. The summed E-state index contributed by atoms with van der Waals surface area (Å²) in [7, 11) is 0. The SMILES string of the molecule is C=CCNC(=O)[C@H](Cc1c[nH]c2ccccc12)N=c1oc(C(C)=O)nc2ccccc12. The van der Waals surface area contributed by atoms with E-state index in [4.69, 9.17) is 4.42 Å². The van der Waals surface area contributed by atoms with Crippen molar-refractivity contribution in [3.63, 3.8) is 0 Å². The molecule has 1 atom stereocenters. The zero-order chi connectivity index (χ0) is 21.8. The summed E-state index contributed by atoms with van der Waals surface area (Å²) in [4.78, 5) is 37.0. The number of fused-ring (bicyclic) bond motifs is 2. The zero-order valence-electron chi connectivity index (χ0n) is 17.1. The van der Waals surface area contributed by atoms with Crippen molar-refractivity contribution >= 4 is 33.5 Å². The van der Waals surface area contributed by atoms with Gasteiger partial charge < -0.3 is 14.7 Å². The van der Waals surface area contributed by atoms with Gasteiger partial charge in [0.1, 0.15) is 6.04 Å². The van der Waals surface area contributed by atoms with Crippen LogP contribution in [-0.2, 0) is 11.2 Å². The molecular formula is C24H22N4O3. The molecule has 0 aliphatic heterocycles. The Balaban J connectivity index is 1.84. The van der Waals surface area contributed by atoms with Crippen molar-refractivity contribution in [2.75, 3.05) is 6.54 Å². The van der Waals surface area contributed by atoms with Gasteiger partial charge in [-0.05, 0) is 23.8 Å². The molecule has 4 aromatic rings. The van der Waals surface area contributed by atoms with Gasteiger partial charge in [0.15, 0.2) is 0 Å². The number of ketones is 1. The third-order valence-corrected chi connectivity index (χ3v) is 4.94. The largest absolute Gasteiger partial charge is 0.417 e. The first kappa shape index (κ1) is 20.3. The number of rotatable bonds is 7. The molecule has 4 rings (SSSR count). The molecule has 1 amide bonds. The molecule has 31 heavy (non-hydrogen) atoms. The number of hydrogen-bond donors (Lipinski definition) is 2. The Bertz CT molecular complexity index is 1350. The number of para-hydroxylation sites is 2. The molecule has 2 aromatic carbocycles. The first-order valence-electron chi connectivity index (χ1n) is 9.95. The lowest BCUT2D eigenvalue weighted by molar-refractivity contribution is -0.122. The Morgan fingerprint density at radius 1 is 1.19 bits per heavy atom. The normalized spacial score (nSPS) is 12.7. The molecule has 156 valence electrons. The van der Waals surface area contributed by atoms with E-state index in [9.17, 15) is 9.59 Å². The summed E-state index contributed by atoms with van der Waals surface area (Å²) in [5.41, 5.74) is 2.73. The van der Waals surface area contributed by atoms with Crippen LogP contribution in [0.4, 0.5) is 0 Å². The second-order valence-corrected chi connectivity index (χ2v) is 7.14. The molecule has 0 aliphatic carbocycles. The lowest BCUT2D eigenvalue weighted by Gasteiger charge is -2.12. The van der Waals surface area contributed by atoms with Crippen LogP contribution in [0.1, 0.15) is 23.2 Å². The highest BCUT2D eigenvalue weighted by Crippen LogP contribution is 2.20. The maximum absolute atomic E-state index is 12.9. The smallest absolute Gasteiger partial charge is 0.265 e. The van der Waals surface area contributed by atoms with Crippen molar-refractivity contribution in [3.05, 3.63) is 84.4 Å². The Labute approximate surface area is 178 Å². The molecule has 0 radical (unpaired) electrons. The number of aromatic nitrogens is 2. The van der Waals surface area contributed by atoms with Crippen molar-refractivity contribution in [2.45, 2.75) is 19.4 Å². The van der Waals surface area contributed by atoms with Crippen molar-refractivity contribution in [1.82, 2.24) is 15.3 Å². The number of H-pyrrole nitrogens is 1. The second-order valence-electron chi connectivity index (χ2n) is 7.14. The zero-order valence-corrected chi connectivity index (χ0v) is 17.1. The van der Waals surface area contributed by atoms with E-state index >= 15 is 0 Å². The molecule has 2 aromatic heterocycles. The Kier molecular flexibility index (Phi) is 5.75.